The second kappa shape index (κ2) is 8.08. The highest BCUT2D eigenvalue weighted by molar-refractivity contribution is 6.36. The van der Waals surface area contributed by atoms with Crippen molar-refractivity contribution in [1.29, 1.82) is 0 Å². The highest BCUT2D eigenvalue weighted by Gasteiger charge is 2.72. The van der Waals surface area contributed by atoms with Gasteiger partial charge >= 0.3 is 0 Å². The van der Waals surface area contributed by atoms with Gasteiger partial charge in [0, 0.05) is 18.7 Å². The Kier molecular flexibility index (Phi) is 5.18. The molecule has 36 heavy (non-hydrogen) atoms. The number of hydrogen-bond acceptors (Lipinski definition) is 4. The summed E-state index contributed by atoms with van der Waals surface area (Å²) in [6.07, 6.45) is -0.0482. The number of ether oxygens (including phenoxy) is 1. The summed E-state index contributed by atoms with van der Waals surface area (Å²) in [5, 5.41) is 2.79. The van der Waals surface area contributed by atoms with Crippen molar-refractivity contribution < 1.29 is 19.1 Å². The Morgan fingerprint density at radius 2 is 1.28 bits per heavy atom. The SMILES string of the molecule is COc1ccc(NC(=O)CCN2C(=O)[C@H]3[C@H](C2=O)C2(Cl)c4ccccc4C3(Cl)c3ccccc32)cc1. The molecule has 0 unspecified atom stereocenters. The molecule has 1 aliphatic heterocycles. The monoisotopic (exact) mass is 520 g/mol. The number of carbonyl (C=O) groups is 3. The lowest BCUT2D eigenvalue weighted by molar-refractivity contribution is -0.140. The number of carbonyl (C=O) groups excluding carboxylic acids is 3. The molecule has 1 fully saturated rings. The summed E-state index contributed by atoms with van der Waals surface area (Å²) in [7, 11) is 1.56. The maximum Gasteiger partial charge on any atom is 0.235 e. The first kappa shape index (κ1) is 23.1. The number of likely N-dealkylation sites (tertiary alicyclic amines) is 1. The summed E-state index contributed by atoms with van der Waals surface area (Å²) in [5.41, 5.74) is 3.60. The summed E-state index contributed by atoms with van der Waals surface area (Å²) >= 11 is 14.8. The van der Waals surface area contributed by atoms with E-state index in [4.69, 9.17) is 27.9 Å². The Labute approximate surface area is 218 Å². The molecule has 1 N–H and O–H groups in total. The van der Waals surface area contributed by atoms with Crippen LogP contribution in [-0.2, 0) is 24.1 Å². The van der Waals surface area contributed by atoms with E-state index in [9.17, 15) is 14.4 Å². The third-order valence-electron chi connectivity index (χ3n) is 7.61. The Bertz CT molecular complexity index is 1300. The van der Waals surface area contributed by atoms with Crippen LogP contribution in [0.5, 0.6) is 5.75 Å². The van der Waals surface area contributed by atoms with Crippen LogP contribution < -0.4 is 10.1 Å². The topological polar surface area (TPSA) is 75.7 Å². The van der Waals surface area contributed by atoms with Crippen molar-refractivity contribution in [3.63, 3.8) is 0 Å². The molecule has 7 rings (SSSR count). The second-order valence-corrected chi connectivity index (χ2v) is 10.5. The molecular weight excluding hydrogens is 499 g/mol. The standard InChI is InChI=1S/C28H22Cl2N2O4/c1-36-17-12-10-16(11-13-17)31-22(33)14-15-32-25(34)23-24(26(32)35)28(30)19-7-3-2-6-18(19)27(23,29)20-8-4-5-9-21(20)28/h2-13,23-24H,14-15H2,1H3,(H,31,33)/t23-,24-,27?,28?/m1/s1. The summed E-state index contributed by atoms with van der Waals surface area (Å²) in [4.78, 5) is 38.9. The van der Waals surface area contributed by atoms with Crippen molar-refractivity contribution >= 4 is 46.6 Å². The number of alkyl halides is 2. The molecule has 0 saturated carbocycles. The minimum absolute atomic E-state index is 0.0482. The fourth-order valence-electron chi connectivity index (χ4n) is 6.06. The first-order valence-electron chi connectivity index (χ1n) is 11.7. The normalized spacial score (nSPS) is 27.4. The van der Waals surface area contributed by atoms with Crippen LogP contribution in [0.4, 0.5) is 5.69 Å². The van der Waals surface area contributed by atoms with Crippen molar-refractivity contribution in [1.82, 2.24) is 4.90 Å². The van der Waals surface area contributed by atoms with Gasteiger partial charge < -0.3 is 10.1 Å². The van der Waals surface area contributed by atoms with Gasteiger partial charge in [-0.2, -0.15) is 0 Å². The van der Waals surface area contributed by atoms with Gasteiger partial charge in [0.05, 0.1) is 18.9 Å². The molecular formula is C28H22Cl2N2O4. The summed E-state index contributed by atoms with van der Waals surface area (Å²) in [5.74, 6) is -2.16. The molecule has 6 nitrogen and oxygen atoms in total. The van der Waals surface area contributed by atoms with Crippen LogP contribution in [0.25, 0.3) is 0 Å². The number of anilines is 1. The molecule has 0 radical (unpaired) electrons. The van der Waals surface area contributed by atoms with Gasteiger partial charge in [-0.05, 0) is 46.5 Å². The lowest BCUT2D eigenvalue weighted by atomic mass is 9.54. The van der Waals surface area contributed by atoms with E-state index in [0.29, 0.717) is 11.4 Å². The van der Waals surface area contributed by atoms with Gasteiger partial charge in [0.15, 0.2) is 0 Å². The van der Waals surface area contributed by atoms with E-state index in [2.05, 4.69) is 5.32 Å². The Hall–Kier alpha value is -3.35. The number of amides is 3. The number of halogens is 2. The fourth-order valence-corrected chi connectivity index (χ4v) is 7.15. The van der Waals surface area contributed by atoms with Crippen LogP contribution >= 0.6 is 23.2 Å². The lowest BCUT2D eigenvalue weighted by Gasteiger charge is -2.54. The van der Waals surface area contributed by atoms with E-state index in [1.165, 1.54) is 0 Å². The number of nitrogens with one attached hydrogen (secondary N) is 1. The zero-order valence-corrected chi connectivity index (χ0v) is 20.8. The molecule has 3 aromatic rings. The molecule has 182 valence electrons. The first-order valence-corrected chi connectivity index (χ1v) is 12.4. The average Bonchev–Trinajstić information content (AvgIpc) is 3.17. The van der Waals surface area contributed by atoms with Crippen LogP contribution in [0.3, 0.4) is 0 Å². The maximum atomic E-state index is 13.8. The number of methoxy groups -OCH3 is 1. The zero-order valence-electron chi connectivity index (χ0n) is 19.3. The average molecular weight is 521 g/mol. The molecule has 8 heteroatoms. The predicted octanol–water partition coefficient (Wildman–Crippen LogP) is 4.62. The van der Waals surface area contributed by atoms with Crippen LogP contribution in [0.1, 0.15) is 28.7 Å². The van der Waals surface area contributed by atoms with E-state index in [-0.39, 0.29) is 18.9 Å². The Morgan fingerprint density at radius 1 is 0.833 bits per heavy atom. The smallest absolute Gasteiger partial charge is 0.235 e. The van der Waals surface area contributed by atoms with Gasteiger partial charge in [-0.3, -0.25) is 19.3 Å². The highest BCUT2D eigenvalue weighted by atomic mass is 35.5. The van der Waals surface area contributed by atoms with Gasteiger partial charge in [-0.1, -0.05) is 48.5 Å². The van der Waals surface area contributed by atoms with Gasteiger partial charge in [0.25, 0.3) is 0 Å². The largest absolute Gasteiger partial charge is 0.497 e. The van der Waals surface area contributed by atoms with Gasteiger partial charge in [0.1, 0.15) is 15.5 Å². The molecule has 0 aromatic heterocycles. The van der Waals surface area contributed by atoms with Crippen molar-refractivity contribution in [3.05, 3.63) is 95.1 Å². The van der Waals surface area contributed by atoms with Crippen LogP contribution in [0.15, 0.2) is 72.8 Å². The molecule has 4 aliphatic rings. The van der Waals surface area contributed by atoms with Crippen molar-refractivity contribution in [2.75, 3.05) is 19.0 Å². The molecule has 1 saturated heterocycles. The Balaban J connectivity index is 1.31. The number of benzene rings is 3. The quantitative estimate of drug-likeness (QED) is 0.393. The van der Waals surface area contributed by atoms with Gasteiger partial charge in [-0.15, -0.1) is 23.2 Å². The maximum absolute atomic E-state index is 13.8. The van der Waals surface area contributed by atoms with Gasteiger partial charge in [-0.25, -0.2) is 0 Å². The summed E-state index contributed by atoms with van der Waals surface area (Å²) < 4.78 is 5.13. The highest BCUT2D eigenvalue weighted by Crippen LogP contribution is 2.69. The van der Waals surface area contributed by atoms with E-state index < -0.39 is 33.4 Å². The first-order chi connectivity index (χ1) is 17.3. The molecule has 2 bridgehead atoms. The fraction of sp³-hybridized carbons (Fsp3) is 0.250. The predicted molar refractivity (Wildman–Crippen MR) is 136 cm³/mol. The number of rotatable bonds is 5. The minimum Gasteiger partial charge on any atom is -0.497 e. The lowest BCUT2D eigenvalue weighted by Crippen LogP contribution is -2.57. The number of hydrogen-bond donors (Lipinski definition) is 1. The van der Waals surface area contributed by atoms with E-state index in [1.54, 1.807) is 31.4 Å². The molecule has 0 spiro atoms. The molecule has 1 heterocycles. The van der Waals surface area contributed by atoms with Crippen LogP contribution in [-0.4, -0.2) is 36.3 Å². The molecule has 2 atom stereocenters. The molecule has 3 aliphatic carbocycles. The van der Waals surface area contributed by atoms with Crippen molar-refractivity contribution in [2.24, 2.45) is 11.8 Å². The van der Waals surface area contributed by atoms with Crippen LogP contribution in [0.2, 0.25) is 0 Å². The minimum atomic E-state index is -1.22. The van der Waals surface area contributed by atoms with Crippen molar-refractivity contribution in [3.8, 4) is 5.75 Å². The third-order valence-corrected chi connectivity index (χ3v) is 8.90. The van der Waals surface area contributed by atoms with E-state index >= 15 is 0 Å². The van der Waals surface area contributed by atoms with E-state index in [0.717, 1.165) is 27.2 Å². The van der Waals surface area contributed by atoms with Gasteiger partial charge in [0.2, 0.25) is 17.7 Å². The van der Waals surface area contributed by atoms with E-state index in [1.807, 2.05) is 48.5 Å². The second-order valence-electron chi connectivity index (χ2n) is 9.32. The number of imide groups is 1. The zero-order chi connectivity index (χ0) is 25.2. The molecule has 3 aromatic carbocycles. The number of nitrogens with zero attached hydrogens (tertiary/aromatic N) is 1. The summed E-state index contributed by atoms with van der Waals surface area (Å²) in [6.45, 7) is -0.0563. The van der Waals surface area contributed by atoms with Crippen LogP contribution in [0, 0.1) is 11.8 Å². The Morgan fingerprint density at radius 3 is 1.69 bits per heavy atom. The molecule has 3 amide bonds. The third kappa shape index (κ3) is 2.95. The van der Waals surface area contributed by atoms with Crippen molar-refractivity contribution in [2.45, 2.75) is 16.2 Å². The summed E-state index contributed by atoms with van der Waals surface area (Å²) in [6, 6.07) is 21.9.